The smallest absolute Gasteiger partial charge is 0.191 e. The van der Waals surface area contributed by atoms with Gasteiger partial charge in [0.15, 0.2) is 11.8 Å². The first-order chi connectivity index (χ1) is 15.7. The lowest BCUT2D eigenvalue weighted by Gasteiger charge is -2.21. The zero-order chi connectivity index (χ0) is 22.3. The van der Waals surface area contributed by atoms with Crippen LogP contribution in [-0.4, -0.2) is 61.1 Å². The van der Waals surface area contributed by atoms with Crippen molar-refractivity contribution >= 4 is 35.6 Å². The van der Waals surface area contributed by atoms with Gasteiger partial charge in [0, 0.05) is 55.8 Å². The van der Waals surface area contributed by atoms with Gasteiger partial charge in [0.05, 0.1) is 20.8 Å². The van der Waals surface area contributed by atoms with E-state index in [0.29, 0.717) is 6.54 Å². The van der Waals surface area contributed by atoms with E-state index in [9.17, 15) is 0 Å². The van der Waals surface area contributed by atoms with E-state index in [-0.39, 0.29) is 30.0 Å². The van der Waals surface area contributed by atoms with Gasteiger partial charge in [0.25, 0.3) is 0 Å². The fraction of sp³-hybridized carbons (Fsp3) is 0.348. The third-order valence-electron chi connectivity index (χ3n) is 5.52. The van der Waals surface area contributed by atoms with Crippen LogP contribution >= 0.6 is 24.0 Å². The van der Waals surface area contributed by atoms with E-state index in [4.69, 9.17) is 9.47 Å². The molecule has 3 aromatic rings. The number of para-hydroxylation sites is 1. The number of methoxy groups -OCH3 is 2. The summed E-state index contributed by atoms with van der Waals surface area (Å²) in [4.78, 5) is 6.71. The van der Waals surface area contributed by atoms with Gasteiger partial charge in [-0.3, -0.25) is 9.56 Å². The number of aliphatic imine (C=N–C) groups is 1. The van der Waals surface area contributed by atoms with Gasteiger partial charge in [-0.2, -0.15) is 0 Å². The summed E-state index contributed by atoms with van der Waals surface area (Å²) < 4.78 is 12.8. The van der Waals surface area contributed by atoms with Crippen LogP contribution in [0.2, 0.25) is 0 Å². The van der Waals surface area contributed by atoms with Crippen molar-refractivity contribution < 1.29 is 9.47 Å². The molecule has 1 aromatic heterocycles. The Balaban J connectivity index is 0.00000306. The van der Waals surface area contributed by atoms with Gasteiger partial charge in [0.1, 0.15) is 17.8 Å². The molecule has 176 valence electrons. The lowest BCUT2D eigenvalue weighted by Crippen LogP contribution is -2.44. The molecule has 2 heterocycles. The minimum atomic E-state index is 0. The quantitative estimate of drug-likeness (QED) is 0.260. The maximum Gasteiger partial charge on any atom is 0.191 e. The lowest BCUT2D eigenvalue weighted by molar-refractivity contribution is 0.394. The van der Waals surface area contributed by atoms with Crippen LogP contribution in [0.25, 0.3) is 5.69 Å². The fourth-order valence-corrected chi connectivity index (χ4v) is 3.82. The number of aromatic nitrogens is 3. The predicted molar refractivity (Wildman–Crippen MR) is 140 cm³/mol. The second-order valence-electron chi connectivity index (χ2n) is 7.53. The van der Waals surface area contributed by atoms with Crippen LogP contribution in [0.5, 0.6) is 11.5 Å². The molecule has 10 heteroatoms. The molecule has 9 nitrogen and oxygen atoms in total. The minimum Gasteiger partial charge on any atom is -0.497 e. The number of anilines is 1. The summed E-state index contributed by atoms with van der Waals surface area (Å²) in [5.74, 6) is 3.13. The van der Waals surface area contributed by atoms with E-state index < -0.39 is 0 Å². The molecule has 0 aliphatic carbocycles. The molecule has 1 aliphatic heterocycles. The Kier molecular flexibility index (Phi) is 8.75. The third-order valence-corrected chi connectivity index (χ3v) is 5.52. The maximum absolute atomic E-state index is 5.41. The van der Waals surface area contributed by atoms with Crippen LogP contribution in [-0.2, 0) is 6.54 Å². The van der Waals surface area contributed by atoms with E-state index in [2.05, 4.69) is 30.7 Å². The monoisotopic (exact) mass is 563 g/mol. The molecule has 33 heavy (non-hydrogen) atoms. The van der Waals surface area contributed by atoms with E-state index in [1.807, 2.05) is 53.1 Å². The van der Waals surface area contributed by atoms with Crippen molar-refractivity contribution in [3.05, 3.63) is 60.7 Å². The average molecular weight is 563 g/mol. The summed E-state index contributed by atoms with van der Waals surface area (Å²) in [6, 6.07) is 16.3. The third kappa shape index (κ3) is 6.06. The van der Waals surface area contributed by atoms with E-state index >= 15 is 0 Å². The number of ether oxygens (including phenoxy) is 2. The van der Waals surface area contributed by atoms with Gasteiger partial charge >= 0.3 is 0 Å². The lowest BCUT2D eigenvalue weighted by atomic mass is 10.2. The predicted octanol–water partition coefficient (Wildman–Crippen LogP) is 2.85. The summed E-state index contributed by atoms with van der Waals surface area (Å²) in [6.45, 7) is 2.31. The summed E-state index contributed by atoms with van der Waals surface area (Å²) in [5.41, 5.74) is 2.11. The molecule has 1 saturated heterocycles. The van der Waals surface area contributed by atoms with Crippen LogP contribution in [0.3, 0.4) is 0 Å². The van der Waals surface area contributed by atoms with Crippen molar-refractivity contribution in [1.82, 2.24) is 25.4 Å². The second kappa shape index (κ2) is 11.7. The largest absolute Gasteiger partial charge is 0.497 e. The Morgan fingerprint density at radius 1 is 1.09 bits per heavy atom. The molecule has 1 fully saturated rings. The normalized spacial score (nSPS) is 15.7. The summed E-state index contributed by atoms with van der Waals surface area (Å²) in [6.07, 6.45) is 2.72. The van der Waals surface area contributed by atoms with Crippen molar-refractivity contribution in [2.24, 2.45) is 4.99 Å². The molecule has 0 spiro atoms. The first-order valence-electron chi connectivity index (χ1n) is 10.6. The molecule has 2 N–H and O–H groups in total. The van der Waals surface area contributed by atoms with Crippen LogP contribution in [0.4, 0.5) is 5.69 Å². The first-order valence-corrected chi connectivity index (χ1v) is 10.6. The summed E-state index contributed by atoms with van der Waals surface area (Å²) in [7, 11) is 5.11. The molecule has 1 unspecified atom stereocenters. The van der Waals surface area contributed by atoms with Crippen molar-refractivity contribution in [3.8, 4) is 17.2 Å². The Hall–Kier alpha value is -3.02. The number of benzene rings is 2. The number of hydrogen-bond acceptors (Lipinski definition) is 6. The number of guanidine groups is 1. The molecule has 1 aliphatic rings. The topological polar surface area (TPSA) is 88.8 Å². The number of nitrogens with zero attached hydrogens (tertiary/aromatic N) is 5. The van der Waals surface area contributed by atoms with Gasteiger partial charge in [-0.15, -0.1) is 34.2 Å². The highest BCUT2D eigenvalue weighted by Crippen LogP contribution is 2.30. The van der Waals surface area contributed by atoms with Crippen LogP contribution in [0, 0.1) is 0 Å². The molecule has 4 rings (SSSR count). The van der Waals surface area contributed by atoms with E-state index in [1.54, 1.807) is 27.6 Å². The molecular formula is C23H30IN7O2. The van der Waals surface area contributed by atoms with Crippen LogP contribution in [0.15, 0.2) is 59.9 Å². The van der Waals surface area contributed by atoms with Crippen LogP contribution < -0.4 is 25.0 Å². The molecule has 0 amide bonds. The average Bonchev–Trinajstić information content (AvgIpc) is 3.51. The van der Waals surface area contributed by atoms with Gasteiger partial charge in [-0.25, -0.2) is 0 Å². The first kappa shape index (κ1) is 24.6. The SMILES string of the molecule is CN=C(NCc1nncn1-c1ccccc1)NC1CCN(c2cc(OC)cc(OC)c2)C1.I. The van der Waals surface area contributed by atoms with E-state index in [0.717, 1.165) is 54.2 Å². The van der Waals surface area contributed by atoms with Crippen LogP contribution in [0.1, 0.15) is 12.2 Å². The zero-order valence-corrected chi connectivity index (χ0v) is 21.4. The van der Waals surface area contributed by atoms with Crippen molar-refractivity contribution in [3.63, 3.8) is 0 Å². The Bertz CT molecular complexity index is 1040. The number of nitrogens with one attached hydrogen (secondary N) is 2. The standard InChI is InChI=1S/C23H29N7O2.HI/c1-24-23(25-14-22-28-26-16-30(22)18-7-5-4-6-8-18)27-17-9-10-29(15-17)19-11-20(31-2)13-21(12-19)32-3;/h4-8,11-13,16-17H,9-10,14-15H2,1-3H3,(H2,24,25,27);1H. The highest BCUT2D eigenvalue weighted by Gasteiger charge is 2.24. The van der Waals surface area contributed by atoms with Gasteiger partial charge in [-0.1, -0.05) is 18.2 Å². The second-order valence-corrected chi connectivity index (χ2v) is 7.53. The minimum absolute atomic E-state index is 0. The molecular weight excluding hydrogens is 533 g/mol. The molecule has 2 aromatic carbocycles. The molecule has 0 saturated carbocycles. The highest BCUT2D eigenvalue weighted by atomic mass is 127. The van der Waals surface area contributed by atoms with Crippen molar-refractivity contribution in [2.75, 3.05) is 39.3 Å². The number of halogens is 1. The van der Waals surface area contributed by atoms with Gasteiger partial charge < -0.3 is 25.0 Å². The number of hydrogen-bond donors (Lipinski definition) is 2. The molecule has 0 bridgehead atoms. The van der Waals surface area contributed by atoms with Gasteiger partial charge in [-0.05, 0) is 18.6 Å². The van der Waals surface area contributed by atoms with E-state index in [1.165, 1.54) is 0 Å². The highest BCUT2D eigenvalue weighted by molar-refractivity contribution is 14.0. The molecule has 0 radical (unpaired) electrons. The number of rotatable bonds is 7. The summed E-state index contributed by atoms with van der Waals surface area (Å²) in [5, 5.41) is 15.2. The summed E-state index contributed by atoms with van der Waals surface area (Å²) >= 11 is 0. The Labute approximate surface area is 211 Å². The molecule has 1 atom stereocenters. The maximum atomic E-state index is 5.41. The van der Waals surface area contributed by atoms with Crippen molar-refractivity contribution in [2.45, 2.75) is 19.0 Å². The van der Waals surface area contributed by atoms with Crippen molar-refractivity contribution in [1.29, 1.82) is 0 Å². The fourth-order valence-electron chi connectivity index (χ4n) is 3.82. The Morgan fingerprint density at radius 3 is 2.48 bits per heavy atom. The van der Waals surface area contributed by atoms with Gasteiger partial charge in [0.2, 0.25) is 0 Å². The zero-order valence-electron chi connectivity index (χ0n) is 19.1. The Morgan fingerprint density at radius 2 is 1.82 bits per heavy atom.